The molecule has 0 saturated carbocycles. The lowest BCUT2D eigenvalue weighted by Crippen LogP contribution is -2.24. The Morgan fingerprint density at radius 1 is 1.15 bits per heavy atom. The Kier molecular flexibility index (Phi) is 3.62. The molecule has 0 saturated heterocycles. The molecule has 0 aliphatic carbocycles. The fraction of sp³-hybridized carbons (Fsp3) is 0.190. The Hall–Kier alpha value is -2.99. The van der Waals surface area contributed by atoms with Gasteiger partial charge >= 0.3 is 0 Å². The van der Waals surface area contributed by atoms with Gasteiger partial charge in [-0.25, -0.2) is 4.98 Å². The normalized spacial score (nSPS) is 16.4. The highest BCUT2D eigenvalue weighted by Gasteiger charge is 2.31. The van der Waals surface area contributed by atoms with Crippen LogP contribution < -0.4 is 5.32 Å². The first-order valence-corrected chi connectivity index (χ1v) is 9.72. The summed E-state index contributed by atoms with van der Waals surface area (Å²) in [4.78, 5) is 17.1. The number of hydrogen-bond acceptors (Lipinski definition) is 4. The molecule has 5 rings (SSSR count). The van der Waals surface area contributed by atoms with Crippen molar-refractivity contribution in [3.8, 4) is 5.13 Å². The van der Waals surface area contributed by atoms with Crippen molar-refractivity contribution in [2.75, 3.05) is 5.32 Å². The van der Waals surface area contributed by atoms with Gasteiger partial charge in [-0.3, -0.25) is 4.79 Å². The number of carbonyl (C=O) groups excluding carboxylic acids is 1. The maximum atomic E-state index is 12.4. The highest BCUT2D eigenvalue weighted by atomic mass is 32.1. The zero-order valence-corrected chi connectivity index (χ0v) is 15.9. The minimum atomic E-state index is 0.00795. The van der Waals surface area contributed by atoms with Crippen LogP contribution in [0, 0.1) is 13.8 Å². The van der Waals surface area contributed by atoms with Gasteiger partial charge in [0.15, 0.2) is 0 Å². The van der Waals surface area contributed by atoms with Gasteiger partial charge in [-0.05, 0) is 42.7 Å². The van der Waals surface area contributed by atoms with E-state index >= 15 is 0 Å². The third kappa shape index (κ3) is 2.64. The van der Waals surface area contributed by atoms with Gasteiger partial charge in [0.1, 0.15) is 5.82 Å². The summed E-state index contributed by atoms with van der Waals surface area (Å²) in [5.74, 6) is 0.748. The number of aromatic nitrogens is 3. The maximum Gasteiger partial charge on any atom is 0.226 e. The predicted molar refractivity (Wildman–Crippen MR) is 108 cm³/mol. The predicted octanol–water partition coefficient (Wildman–Crippen LogP) is 4.57. The van der Waals surface area contributed by atoms with Gasteiger partial charge in [0, 0.05) is 17.9 Å². The van der Waals surface area contributed by atoms with Crippen LogP contribution in [-0.2, 0) is 4.79 Å². The number of carbonyl (C=O) groups is 1. The van der Waals surface area contributed by atoms with Crippen LogP contribution >= 0.6 is 11.3 Å². The number of nitrogens with zero attached hydrogens (tertiary/aromatic N) is 3. The minimum absolute atomic E-state index is 0.00795. The SMILES string of the molecule is Cc1ccc([C@@H]2CC(=O)Nc3c2cnn3-c2nc3ccccc3s2)cc1C. The molecule has 3 heterocycles. The van der Waals surface area contributed by atoms with Gasteiger partial charge in [-0.2, -0.15) is 9.78 Å². The molecule has 2 aromatic heterocycles. The van der Waals surface area contributed by atoms with Crippen molar-refractivity contribution in [1.82, 2.24) is 14.8 Å². The number of amides is 1. The number of thiazole rings is 1. The van der Waals surface area contributed by atoms with Crippen LogP contribution in [0.1, 0.15) is 34.6 Å². The number of para-hydroxylation sites is 1. The van der Waals surface area contributed by atoms with E-state index in [4.69, 9.17) is 0 Å². The smallest absolute Gasteiger partial charge is 0.226 e. The summed E-state index contributed by atoms with van der Waals surface area (Å²) in [7, 11) is 0. The molecule has 1 aliphatic rings. The molecule has 0 fully saturated rings. The van der Waals surface area contributed by atoms with Crippen LogP contribution in [0.15, 0.2) is 48.7 Å². The molecule has 0 spiro atoms. The lowest BCUT2D eigenvalue weighted by atomic mass is 9.86. The summed E-state index contributed by atoms with van der Waals surface area (Å²) in [6.07, 6.45) is 2.29. The average Bonchev–Trinajstić information content (AvgIpc) is 3.26. The molecule has 2 aromatic carbocycles. The maximum absolute atomic E-state index is 12.4. The summed E-state index contributed by atoms with van der Waals surface area (Å²) < 4.78 is 2.86. The molecule has 1 amide bonds. The summed E-state index contributed by atoms with van der Waals surface area (Å²) >= 11 is 1.57. The number of aryl methyl sites for hydroxylation is 2. The molecule has 0 radical (unpaired) electrons. The summed E-state index contributed by atoms with van der Waals surface area (Å²) in [5, 5.41) is 8.33. The van der Waals surface area contributed by atoms with E-state index in [1.165, 1.54) is 11.1 Å². The average molecular weight is 374 g/mol. The van der Waals surface area contributed by atoms with Gasteiger partial charge in [0.25, 0.3) is 0 Å². The van der Waals surface area contributed by atoms with Gasteiger partial charge in [0.05, 0.1) is 16.4 Å². The van der Waals surface area contributed by atoms with E-state index in [1.54, 1.807) is 16.0 Å². The Morgan fingerprint density at radius 3 is 2.81 bits per heavy atom. The Balaban J connectivity index is 1.63. The van der Waals surface area contributed by atoms with Crippen LogP contribution in [0.2, 0.25) is 0 Å². The second kappa shape index (κ2) is 6.03. The van der Waals surface area contributed by atoms with Crippen LogP contribution in [0.25, 0.3) is 15.3 Å². The molecule has 27 heavy (non-hydrogen) atoms. The molecule has 134 valence electrons. The summed E-state index contributed by atoms with van der Waals surface area (Å²) in [5.41, 5.74) is 5.62. The molecule has 5 nitrogen and oxygen atoms in total. The van der Waals surface area contributed by atoms with Crippen molar-refractivity contribution in [1.29, 1.82) is 0 Å². The van der Waals surface area contributed by atoms with Crippen LogP contribution in [-0.4, -0.2) is 20.7 Å². The fourth-order valence-corrected chi connectivity index (χ4v) is 4.52. The van der Waals surface area contributed by atoms with Crippen molar-refractivity contribution in [3.05, 3.63) is 70.9 Å². The molecule has 0 unspecified atom stereocenters. The molecule has 1 N–H and O–H groups in total. The Bertz CT molecular complexity index is 1160. The van der Waals surface area contributed by atoms with Gasteiger partial charge < -0.3 is 5.32 Å². The standard InChI is InChI=1S/C21H18N4OS/c1-12-7-8-14(9-13(12)2)15-10-19(26)24-20-16(15)11-22-25(20)21-23-17-5-3-4-6-18(17)27-21/h3-9,11,15H,10H2,1-2H3,(H,24,26)/t15-/m0/s1. The van der Waals surface area contributed by atoms with E-state index in [1.807, 2.05) is 30.5 Å². The lowest BCUT2D eigenvalue weighted by Gasteiger charge is -2.24. The van der Waals surface area contributed by atoms with Crippen LogP contribution in [0.4, 0.5) is 5.82 Å². The van der Waals surface area contributed by atoms with Crippen molar-refractivity contribution in [3.63, 3.8) is 0 Å². The number of benzene rings is 2. The lowest BCUT2D eigenvalue weighted by molar-refractivity contribution is -0.116. The molecule has 1 atom stereocenters. The largest absolute Gasteiger partial charge is 0.310 e. The molecule has 6 heteroatoms. The number of nitrogens with one attached hydrogen (secondary N) is 1. The van der Waals surface area contributed by atoms with E-state index in [0.717, 1.165) is 32.3 Å². The van der Waals surface area contributed by atoms with Gasteiger partial charge in [-0.15, -0.1) is 0 Å². The molecular weight excluding hydrogens is 356 g/mol. The van der Waals surface area contributed by atoms with Crippen LogP contribution in [0.5, 0.6) is 0 Å². The van der Waals surface area contributed by atoms with Crippen molar-refractivity contribution < 1.29 is 4.79 Å². The third-order valence-electron chi connectivity index (χ3n) is 5.22. The third-order valence-corrected chi connectivity index (χ3v) is 6.23. The van der Waals surface area contributed by atoms with E-state index in [-0.39, 0.29) is 11.8 Å². The van der Waals surface area contributed by atoms with E-state index in [0.29, 0.717) is 6.42 Å². The van der Waals surface area contributed by atoms with E-state index in [9.17, 15) is 4.79 Å². The highest BCUT2D eigenvalue weighted by molar-refractivity contribution is 7.20. The second-order valence-electron chi connectivity index (χ2n) is 6.97. The Morgan fingerprint density at radius 2 is 2.00 bits per heavy atom. The van der Waals surface area contributed by atoms with Crippen molar-refractivity contribution in [2.24, 2.45) is 0 Å². The zero-order valence-electron chi connectivity index (χ0n) is 15.1. The molecule has 4 aromatic rings. The molecule has 1 aliphatic heterocycles. The van der Waals surface area contributed by atoms with E-state index in [2.05, 4.69) is 47.4 Å². The first-order chi connectivity index (χ1) is 13.1. The highest BCUT2D eigenvalue weighted by Crippen LogP contribution is 2.39. The quantitative estimate of drug-likeness (QED) is 0.559. The zero-order chi connectivity index (χ0) is 18.5. The topological polar surface area (TPSA) is 59.8 Å². The fourth-order valence-electron chi connectivity index (χ4n) is 3.59. The second-order valence-corrected chi connectivity index (χ2v) is 7.98. The van der Waals surface area contributed by atoms with Crippen molar-refractivity contribution >= 4 is 33.3 Å². The van der Waals surface area contributed by atoms with Crippen LogP contribution in [0.3, 0.4) is 0 Å². The van der Waals surface area contributed by atoms with E-state index < -0.39 is 0 Å². The first-order valence-electron chi connectivity index (χ1n) is 8.91. The number of rotatable bonds is 2. The van der Waals surface area contributed by atoms with Gasteiger partial charge in [-0.1, -0.05) is 41.7 Å². The van der Waals surface area contributed by atoms with Gasteiger partial charge in [0.2, 0.25) is 11.0 Å². The first kappa shape index (κ1) is 16.2. The number of hydrogen-bond donors (Lipinski definition) is 1. The summed E-state index contributed by atoms with van der Waals surface area (Å²) in [6, 6.07) is 14.4. The number of fused-ring (bicyclic) bond motifs is 2. The Labute approximate surface area is 160 Å². The molecule has 0 bridgehead atoms. The monoisotopic (exact) mass is 374 g/mol. The summed E-state index contributed by atoms with van der Waals surface area (Å²) in [6.45, 7) is 4.20. The molecular formula is C21H18N4OS. The minimum Gasteiger partial charge on any atom is -0.310 e. The number of anilines is 1. The van der Waals surface area contributed by atoms with Crippen molar-refractivity contribution in [2.45, 2.75) is 26.2 Å².